The van der Waals surface area contributed by atoms with Crippen molar-refractivity contribution < 1.29 is 9.53 Å². The highest BCUT2D eigenvalue weighted by atomic mass is 35.5. The van der Waals surface area contributed by atoms with Gasteiger partial charge in [-0.25, -0.2) is 9.97 Å². The molecule has 0 saturated carbocycles. The Morgan fingerprint density at radius 1 is 1.30 bits per heavy atom. The van der Waals surface area contributed by atoms with Crippen LogP contribution in [0, 0.1) is 0 Å². The Bertz CT molecular complexity index is 627. The Morgan fingerprint density at radius 3 is 2.70 bits per heavy atom. The number of carbonyl (C=O) groups is 1. The van der Waals surface area contributed by atoms with E-state index in [0.717, 1.165) is 11.3 Å². The second-order valence-corrected chi connectivity index (χ2v) is 4.14. The monoisotopic (exact) mass is 289 g/mol. The lowest BCUT2D eigenvalue weighted by atomic mass is 10.2. The smallest absolute Gasteiger partial charge is 0.249 e. The maximum absolute atomic E-state index is 11.7. The van der Waals surface area contributed by atoms with Gasteiger partial charge in [0, 0.05) is 12.3 Å². The molecule has 0 saturated heterocycles. The highest BCUT2D eigenvalue weighted by molar-refractivity contribution is 6.28. The van der Waals surface area contributed by atoms with Gasteiger partial charge in [0.1, 0.15) is 11.6 Å². The van der Waals surface area contributed by atoms with Crippen LogP contribution in [-0.4, -0.2) is 23.0 Å². The number of nitrogens with one attached hydrogen (secondary N) is 1. The van der Waals surface area contributed by atoms with E-state index in [1.165, 1.54) is 12.3 Å². The summed E-state index contributed by atoms with van der Waals surface area (Å²) >= 11 is 5.63. The Hall–Kier alpha value is -2.40. The summed E-state index contributed by atoms with van der Waals surface area (Å²) in [5.41, 5.74) is 0.890. The van der Waals surface area contributed by atoms with Crippen molar-refractivity contribution in [2.24, 2.45) is 0 Å². The number of hydrogen-bond acceptors (Lipinski definition) is 4. The lowest BCUT2D eigenvalue weighted by molar-refractivity contribution is -0.111. The van der Waals surface area contributed by atoms with Gasteiger partial charge in [-0.05, 0) is 41.4 Å². The molecule has 1 aromatic heterocycles. The van der Waals surface area contributed by atoms with Crippen molar-refractivity contribution in [3.05, 3.63) is 53.5 Å². The van der Waals surface area contributed by atoms with Gasteiger partial charge in [-0.3, -0.25) is 4.79 Å². The van der Waals surface area contributed by atoms with Crippen molar-refractivity contribution in [3.8, 4) is 5.75 Å². The van der Waals surface area contributed by atoms with Crippen LogP contribution in [-0.2, 0) is 4.79 Å². The van der Waals surface area contributed by atoms with Crippen LogP contribution in [0.1, 0.15) is 5.56 Å². The Balaban J connectivity index is 1.98. The van der Waals surface area contributed by atoms with Gasteiger partial charge in [0.05, 0.1) is 7.11 Å². The molecule has 1 amide bonds. The van der Waals surface area contributed by atoms with Gasteiger partial charge in [0.2, 0.25) is 11.2 Å². The van der Waals surface area contributed by atoms with Crippen molar-refractivity contribution >= 4 is 29.4 Å². The van der Waals surface area contributed by atoms with E-state index in [2.05, 4.69) is 15.3 Å². The number of anilines is 1. The third-order valence-electron chi connectivity index (χ3n) is 2.42. The van der Waals surface area contributed by atoms with Crippen LogP contribution in [0.4, 0.5) is 5.82 Å². The third-order valence-corrected chi connectivity index (χ3v) is 2.60. The van der Waals surface area contributed by atoms with E-state index in [-0.39, 0.29) is 11.2 Å². The largest absolute Gasteiger partial charge is 0.497 e. The minimum atomic E-state index is -0.296. The number of halogens is 1. The first-order valence-corrected chi connectivity index (χ1v) is 6.17. The van der Waals surface area contributed by atoms with Gasteiger partial charge in [-0.2, -0.15) is 0 Å². The Morgan fingerprint density at radius 2 is 2.05 bits per heavy atom. The SMILES string of the molecule is COc1ccc(/C=C/C(=O)Nc2ccnc(Cl)n2)cc1. The van der Waals surface area contributed by atoms with Crippen LogP contribution in [0.3, 0.4) is 0 Å². The first-order valence-electron chi connectivity index (χ1n) is 5.79. The quantitative estimate of drug-likeness (QED) is 0.694. The van der Waals surface area contributed by atoms with Crippen LogP contribution in [0.25, 0.3) is 6.08 Å². The maximum atomic E-state index is 11.7. The Labute approximate surface area is 121 Å². The summed E-state index contributed by atoms with van der Waals surface area (Å²) in [6.07, 6.45) is 4.58. The molecule has 0 radical (unpaired) electrons. The van der Waals surface area contributed by atoms with E-state index in [9.17, 15) is 4.79 Å². The van der Waals surface area contributed by atoms with Gasteiger partial charge in [0.15, 0.2) is 0 Å². The van der Waals surface area contributed by atoms with Crippen LogP contribution in [0.2, 0.25) is 5.28 Å². The molecule has 1 N–H and O–H groups in total. The molecule has 0 unspecified atom stereocenters. The van der Waals surface area contributed by atoms with Crippen molar-refractivity contribution in [3.63, 3.8) is 0 Å². The van der Waals surface area contributed by atoms with E-state index < -0.39 is 0 Å². The molecule has 1 aromatic carbocycles. The van der Waals surface area contributed by atoms with Crippen molar-refractivity contribution in [1.82, 2.24) is 9.97 Å². The number of hydrogen-bond donors (Lipinski definition) is 1. The number of aromatic nitrogens is 2. The first-order chi connectivity index (χ1) is 9.67. The van der Waals surface area contributed by atoms with E-state index in [1.54, 1.807) is 19.3 Å². The van der Waals surface area contributed by atoms with E-state index in [1.807, 2.05) is 24.3 Å². The fourth-order valence-electron chi connectivity index (χ4n) is 1.46. The number of methoxy groups -OCH3 is 1. The van der Waals surface area contributed by atoms with E-state index in [0.29, 0.717) is 5.82 Å². The minimum Gasteiger partial charge on any atom is -0.497 e. The molecule has 0 spiro atoms. The molecule has 2 aromatic rings. The highest BCUT2D eigenvalue weighted by Gasteiger charge is 2.00. The van der Waals surface area contributed by atoms with Crippen molar-refractivity contribution in [1.29, 1.82) is 0 Å². The van der Waals surface area contributed by atoms with Crippen LogP contribution >= 0.6 is 11.6 Å². The van der Waals surface area contributed by atoms with E-state index in [4.69, 9.17) is 16.3 Å². The fourth-order valence-corrected chi connectivity index (χ4v) is 1.61. The molecule has 0 fully saturated rings. The molecule has 0 aliphatic heterocycles. The lowest BCUT2D eigenvalue weighted by Gasteiger charge is -2.01. The summed E-state index contributed by atoms with van der Waals surface area (Å²) in [6, 6.07) is 8.91. The molecule has 20 heavy (non-hydrogen) atoms. The summed E-state index contributed by atoms with van der Waals surface area (Å²) in [5.74, 6) is 0.826. The summed E-state index contributed by atoms with van der Waals surface area (Å²) < 4.78 is 5.05. The summed E-state index contributed by atoms with van der Waals surface area (Å²) in [6.45, 7) is 0. The van der Waals surface area contributed by atoms with Crippen LogP contribution < -0.4 is 10.1 Å². The molecule has 2 rings (SSSR count). The van der Waals surface area contributed by atoms with Gasteiger partial charge >= 0.3 is 0 Å². The van der Waals surface area contributed by atoms with Gasteiger partial charge in [-0.15, -0.1) is 0 Å². The number of amides is 1. The molecular weight excluding hydrogens is 278 g/mol. The van der Waals surface area contributed by atoms with Crippen LogP contribution in [0.5, 0.6) is 5.75 Å². The molecule has 0 aliphatic rings. The van der Waals surface area contributed by atoms with Crippen molar-refractivity contribution in [2.75, 3.05) is 12.4 Å². The van der Waals surface area contributed by atoms with Gasteiger partial charge < -0.3 is 10.1 Å². The zero-order valence-electron chi connectivity index (χ0n) is 10.7. The molecule has 102 valence electrons. The molecular formula is C14H12ClN3O2. The third kappa shape index (κ3) is 4.07. The molecule has 0 bridgehead atoms. The summed E-state index contributed by atoms with van der Waals surface area (Å²) in [4.78, 5) is 19.3. The Kier molecular flexibility index (Phi) is 4.68. The molecule has 5 nitrogen and oxygen atoms in total. The number of rotatable bonds is 4. The summed E-state index contributed by atoms with van der Waals surface area (Å²) in [5, 5.41) is 2.67. The van der Waals surface area contributed by atoms with Crippen molar-refractivity contribution in [2.45, 2.75) is 0 Å². The average Bonchev–Trinajstić information content (AvgIpc) is 2.46. The van der Waals surface area contributed by atoms with E-state index >= 15 is 0 Å². The first kappa shape index (κ1) is 14.0. The molecule has 1 heterocycles. The predicted molar refractivity (Wildman–Crippen MR) is 77.7 cm³/mol. The highest BCUT2D eigenvalue weighted by Crippen LogP contribution is 2.12. The zero-order valence-corrected chi connectivity index (χ0v) is 11.5. The fraction of sp³-hybridized carbons (Fsp3) is 0.0714. The topological polar surface area (TPSA) is 64.1 Å². The zero-order chi connectivity index (χ0) is 14.4. The molecule has 6 heteroatoms. The average molecular weight is 290 g/mol. The van der Waals surface area contributed by atoms with Gasteiger partial charge in [0.25, 0.3) is 0 Å². The second-order valence-electron chi connectivity index (χ2n) is 3.81. The van der Waals surface area contributed by atoms with Crippen LogP contribution in [0.15, 0.2) is 42.6 Å². The normalized spacial score (nSPS) is 10.5. The molecule has 0 aliphatic carbocycles. The number of carbonyl (C=O) groups excluding carboxylic acids is 1. The number of benzene rings is 1. The second kappa shape index (κ2) is 6.68. The maximum Gasteiger partial charge on any atom is 0.249 e. The predicted octanol–water partition coefficient (Wildman–Crippen LogP) is 2.79. The van der Waals surface area contributed by atoms with Gasteiger partial charge in [-0.1, -0.05) is 12.1 Å². The minimum absolute atomic E-state index is 0.0851. The summed E-state index contributed by atoms with van der Waals surface area (Å²) in [7, 11) is 1.60. The number of nitrogens with zero attached hydrogens (tertiary/aromatic N) is 2. The lowest BCUT2D eigenvalue weighted by Crippen LogP contribution is -2.09. The molecule has 0 atom stereocenters. The standard InChI is InChI=1S/C14H12ClN3O2/c1-20-11-5-2-10(3-6-11)4-7-13(19)17-12-8-9-16-14(15)18-12/h2-9H,1H3,(H,16,17,18,19)/b7-4+. The number of ether oxygens (including phenoxy) is 1.